The molecule has 0 saturated carbocycles. The molecule has 0 amide bonds. The van der Waals surface area contributed by atoms with E-state index >= 15 is 0 Å². The Labute approximate surface area is 248 Å². The molecule has 0 atom stereocenters. The van der Waals surface area contributed by atoms with Crippen LogP contribution in [0.3, 0.4) is 0 Å². The number of aliphatic carboxylic acids is 3. The van der Waals surface area contributed by atoms with Crippen LogP contribution in [0.5, 0.6) is 0 Å². The van der Waals surface area contributed by atoms with Crippen molar-refractivity contribution in [3.8, 4) is 0 Å². The summed E-state index contributed by atoms with van der Waals surface area (Å²) in [6, 6.07) is 0. The monoisotopic (exact) mass is 597 g/mol. The van der Waals surface area contributed by atoms with E-state index in [1.54, 1.807) is 41.5 Å². The second kappa shape index (κ2) is 26.3. The molecule has 0 rings (SSSR count). The maximum absolute atomic E-state index is 10.9. The van der Waals surface area contributed by atoms with Crippen molar-refractivity contribution in [3.05, 3.63) is 0 Å². The summed E-state index contributed by atoms with van der Waals surface area (Å²) in [5.41, 5.74) is -3.75. The van der Waals surface area contributed by atoms with Crippen molar-refractivity contribution in [2.45, 2.75) is 121 Å². The number of rotatable bonds is 12. The van der Waals surface area contributed by atoms with Crippen LogP contribution >= 0.6 is 0 Å². The number of carbonyl (C=O) groups excluding carboxylic acids is 6. The topological polar surface area (TPSA) is 212 Å². The van der Waals surface area contributed by atoms with Crippen LogP contribution in [-0.2, 0) is 50.5 Å². The molecule has 11 nitrogen and oxygen atoms in total. The Morgan fingerprint density at radius 1 is 0.462 bits per heavy atom. The summed E-state index contributed by atoms with van der Waals surface area (Å²) in [6.45, 7) is 18.2. The van der Waals surface area contributed by atoms with E-state index in [-0.39, 0.29) is 39.1 Å². The van der Waals surface area contributed by atoms with Crippen molar-refractivity contribution in [2.75, 3.05) is 0 Å². The van der Waals surface area contributed by atoms with Crippen LogP contribution in [0, 0.1) is 16.2 Å². The zero-order valence-electron chi connectivity index (χ0n) is 25.5. The van der Waals surface area contributed by atoms with Crippen molar-refractivity contribution in [1.29, 1.82) is 0 Å². The summed E-state index contributed by atoms with van der Waals surface area (Å²) in [4.78, 5) is 64.6. The summed E-state index contributed by atoms with van der Waals surface area (Å²) in [6.07, 6.45) is 3.09. The van der Waals surface area contributed by atoms with E-state index in [0.717, 1.165) is 0 Å². The molecular formula is C27H49O11Ti. The quantitative estimate of drug-likeness (QED) is 0.143. The van der Waals surface area contributed by atoms with Gasteiger partial charge in [0.1, 0.15) is 17.3 Å². The van der Waals surface area contributed by atoms with E-state index in [9.17, 15) is 44.1 Å². The maximum atomic E-state index is 10.9. The fourth-order valence-corrected chi connectivity index (χ4v) is 3.54. The van der Waals surface area contributed by atoms with E-state index in [1.807, 2.05) is 0 Å². The summed E-state index contributed by atoms with van der Waals surface area (Å²) in [5, 5.41) is 43.8. The summed E-state index contributed by atoms with van der Waals surface area (Å²) >= 11 is 0. The molecule has 39 heavy (non-hydrogen) atoms. The van der Waals surface area contributed by atoms with Crippen molar-refractivity contribution < 1.29 is 76.3 Å². The van der Waals surface area contributed by atoms with Gasteiger partial charge in [-0.25, -0.2) is 0 Å². The van der Waals surface area contributed by atoms with Gasteiger partial charge in [0.05, 0.1) is 34.2 Å². The minimum absolute atomic E-state index is 0. The second-order valence-corrected chi connectivity index (χ2v) is 8.61. The zero-order valence-corrected chi connectivity index (χ0v) is 27.1. The zero-order chi connectivity index (χ0) is 31.9. The normalized spacial score (nSPS) is 10.1. The van der Waals surface area contributed by atoms with Gasteiger partial charge in [-0.3, -0.25) is 24.9 Å². The Kier molecular flexibility index (Phi) is 33.7. The van der Waals surface area contributed by atoms with Gasteiger partial charge in [0.25, 0.3) is 0 Å². The first kappa shape index (κ1) is 49.9. The minimum atomic E-state index is -1.25. The molecule has 0 aromatic heterocycles. The molecule has 2 N–H and O–H groups in total. The van der Waals surface area contributed by atoms with Crippen LogP contribution in [0.15, 0.2) is 0 Å². The number of ketones is 3. The Balaban J connectivity index is -0.0000000952. The number of carbonyl (C=O) groups is 6. The smallest absolute Gasteiger partial charge is 0.549 e. The third-order valence-corrected chi connectivity index (χ3v) is 6.82. The van der Waals surface area contributed by atoms with E-state index in [0.29, 0.717) is 38.5 Å². The SMILES string of the molecule is CCC.CCC(CC)(C(C)=O)C(=O)[O-].CCC(CC)(C(C)=O)C(=O)[O-].CCC(CC)(C(C)=O)C(=O)[O-].OO.[Ti+3]. The summed E-state index contributed by atoms with van der Waals surface area (Å²) in [5.74, 6) is -4.72. The first-order valence-electron chi connectivity index (χ1n) is 12.8. The average Bonchev–Trinajstić information content (AvgIpc) is 2.84. The van der Waals surface area contributed by atoms with Gasteiger partial charge in [-0.15, -0.1) is 0 Å². The number of carboxylic acid groups (broad SMARTS) is 3. The Morgan fingerprint density at radius 2 is 0.564 bits per heavy atom. The van der Waals surface area contributed by atoms with Crippen LogP contribution in [0.2, 0.25) is 0 Å². The van der Waals surface area contributed by atoms with E-state index < -0.39 is 34.2 Å². The van der Waals surface area contributed by atoms with E-state index in [2.05, 4.69) is 13.8 Å². The van der Waals surface area contributed by atoms with Crippen molar-refractivity contribution in [3.63, 3.8) is 0 Å². The van der Waals surface area contributed by atoms with Crippen molar-refractivity contribution in [1.82, 2.24) is 0 Å². The molecule has 1 radical (unpaired) electrons. The van der Waals surface area contributed by atoms with Crippen LogP contribution < -0.4 is 15.3 Å². The van der Waals surface area contributed by atoms with E-state index in [1.165, 1.54) is 27.2 Å². The number of Topliss-reactive ketones (excluding diaryl/α,β-unsaturated/α-hetero) is 3. The van der Waals surface area contributed by atoms with E-state index in [4.69, 9.17) is 10.5 Å². The molecule has 0 saturated heterocycles. The van der Waals surface area contributed by atoms with Gasteiger partial charge in [-0.05, 0) is 59.3 Å². The first-order chi connectivity index (χ1) is 17.4. The fourth-order valence-electron chi connectivity index (χ4n) is 3.54. The largest absolute Gasteiger partial charge is 3.00 e. The molecule has 0 unspecified atom stereocenters. The molecule has 0 aliphatic heterocycles. The molecule has 0 heterocycles. The van der Waals surface area contributed by atoms with Gasteiger partial charge in [0.2, 0.25) is 0 Å². The van der Waals surface area contributed by atoms with Crippen LogP contribution in [-0.4, -0.2) is 45.8 Å². The standard InChI is InChI=1S/3C8H14O3.C3H8.H2O2.Ti/c3*1-4-8(5-2,6(3)9)7(10)11;1-3-2;1-2;/h3*4-5H2,1-3H3,(H,10,11);3H2,1-2H3;1-2H;/q;;;;;+3/p-3. The van der Waals surface area contributed by atoms with Gasteiger partial charge >= 0.3 is 21.7 Å². The maximum Gasteiger partial charge on any atom is 3.00 e. The van der Waals surface area contributed by atoms with Gasteiger partial charge in [-0.1, -0.05) is 61.8 Å². The van der Waals surface area contributed by atoms with Crippen LogP contribution in [0.4, 0.5) is 0 Å². The summed E-state index contributed by atoms with van der Waals surface area (Å²) < 4.78 is 0. The Bertz CT molecular complexity index is 578. The molecule has 0 aromatic rings. The molecular weight excluding hydrogens is 548 g/mol. The molecule has 0 fully saturated rings. The molecule has 227 valence electrons. The number of hydrogen-bond donors (Lipinski definition) is 2. The molecule has 12 heteroatoms. The van der Waals surface area contributed by atoms with Crippen LogP contribution in [0.1, 0.15) is 121 Å². The van der Waals surface area contributed by atoms with Gasteiger partial charge in [0, 0.05) is 0 Å². The Morgan fingerprint density at radius 3 is 0.564 bits per heavy atom. The molecule has 0 aromatic carbocycles. The predicted octanol–water partition coefficient (Wildman–Crippen LogP) is 1.83. The third-order valence-electron chi connectivity index (χ3n) is 6.82. The average molecular weight is 598 g/mol. The third kappa shape index (κ3) is 15.4. The van der Waals surface area contributed by atoms with Gasteiger partial charge in [-0.2, -0.15) is 0 Å². The number of carboxylic acids is 3. The van der Waals surface area contributed by atoms with Gasteiger partial charge in [0.15, 0.2) is 0 Å². The molecule has 0 spiro atoms. The minimum Gasteiger partial charge on any atom is -0.549 e. The summed E-state index contributed by atoms with van der Waals surface area (Å²) in [7, 11) is 0. The predicted molar refractivity (Wildman–Crippen MR) is 137 cm³/mol. The van der Waals surface area contributed by atoms with Crippen molar-refractivity contribution in [2.24, 2.45) is 16.2 Å². The Hall–Kier alpha value is -1.95. The first-order valence-corrected chi connectivity index (χ1v) is 12.8. The molecule has 0 aliphatic carbocycles. The van der Waals surface area contributed by atoms with Crippen LogP contribution in [0.25, 0.3) is 0 Å². The molecule has 0 bridgehead atoms. The van der Waals surface area contributed by atoms with Crippen molar-refractivity contribution >= 4 is 35.3 Å². The fraction of sp³-hybridized carbons (Fsp3) is 0.778. The van der Waals surface area contributed by atoms with Gasteiger partial charge < -0.3 is 29.7 Å². The number of hydrogen-bond acceptors (Lipinski definition) is 11. The molecule has 0 aliphatic rings. The second-order valence-electron chi connectivity index (χ2n) is 8.61.